The molecule has 2 fully saturated rings. The maximum absolute atomic E-state index is 13.8. The minimum atomic E-state index is -3.50. The number of sulfonamides is 1. The van der Waals surface area contributed by atoms with Gasteiger partial charge >= 0.3 is 5.56 Å². The third-order valence-corrected chi connectivity index (χ3v) is 9.33. The van der Waals surface area contributed by atoms with Crippen molar-refractivity contribution in [3.8, 4) is 11.4 Å². The van der Waals surface area contributed by atoms with Crippen LogP contribution < -0.4 is 15.2 Å². The van der Waals surface area contributed by atoms with Crippen LogP contribution in [0.25, 0.3) is 5.69 Å². The average Bonchev–Trinajstić information content (AvgIpc) is 3.64. The van der Waals surface area contributed by atoms with Gasteiger partial charge in [-0.1, -0.05) is 30.7 Å². The fraction of sp³-hybridized carbons (Fsp3) is 0.407. The standard InChI is InChI=1S/C27H29ClF2N4O4S/c1-27(7-8-27)18-38-25-24(17-31-34(26(25)35)23-15-21(29)14-22(30)16-23)32-9-11-33(12-10-32)39(36,37)13-6-19-2-4-20(28)5-3-19/h2-5,14-17H,6-13,18H2,1H3. The summed E-state index contributed by atoms with van der Waals surface area (Å²) in [6.07, 6.45) is 3.76. The van der Waals surface area contributed by atoms with Gasteiger partial charge in [-0.15, -0.1) is 0 Å². The molecule has 1 aliphatic heterocycles. The fourth-order valence-electron chi connectivity index (χ4n) is 4.47. The molecule has 1 saturated heterocycles. The van der Waals surface area contributed by atoms with Gasteiger partial charge in [0.05, 0.1) is 24.2 Å². The van der Waals surface area contributed by atoms with Crippen molar-refractivity contribution in [2.24, 2.45) is 5.41 Å². The summed E-state index contributed by atoms with van der Waals surface area (Å²) in [5.41, 5.74) is 0.593. The van der Waals surface area contributed by atoms with Crippen molar-refractivity contribution < 1.29 is 21.9 Å². The summed E-state index contributed by atoms with van der Waals surface area (Å²) in [6.45, 7) is 3.50. The first kappa shape index (κ1) is 27.5. The van der Waals surface area contributed by atoms with Crippen LogP contribution in [-0.2, 0) is 16.4 Å². The highest BCUT2D eigenvalue weighted by atomic mass is 35.5. The lowest BCUT2D eigenvalue weighted by atomic mass is 10.2. The Hall–Kier alpha value is -3.02. The van der Waals surface area contributed by atoms with Crippen LogP contribution in [0.3, 0.4) is 0 Å². The normalized spacial score (nSPS) is 17.3. The molecule has 1 aromatic heterocycles. The van der Waals surface area contributed by atoms with Gasteiger partial charge in [-0.2, -0.15) is 14.1 Å². The van der Waals surface area contributed by atoms with Crippen LogP contribution in [0.2, 0.25) is 5.02 Å². The molecule has 0 bridgehead atoms. The summed E-state index contributed by atoms with van der Waals surface area (Å²) >= 11 is 5.91. The molecule has 0 spiro atoms. The van der Waals surface area contributed by atoms with Crippen LogP contribution in [0, 0.1) is 17.0 Å². The third-order valence-electron chi connectivity index (χ3n) is 7.21. The lowest BCUT2D eigenvalue weighted by Gasteiger charge is -2.35. The molecule has 0 unspecified atom stereocenters. The highest BCUT2D eigenvalue weighted by molar-refractivity contribution is 7.89. The third kappa shape index (κ3) is 6.42. The molecule has 0 atom stereocenters. The van der Waals surface area contributed by atoms with Crippen LogP contribution >= 0.6 is 11.6 Å². The first-order valence-corrected chi connectivity index (χ1v) is 14.7. The van der Waals surface area contributed by atoms with Crippen LogP contribution in [0.15, 0.2) is 53.5 Å². The number of ether oxygens (including phenoxy) is 1. The lowest BCUT2D eigenvalue weighted by molar-refractivity contribution is 0.242. The van der Waals surface area contributed by atoms with Gasteiger partial charge in [-0.3, -0.25) is 4.79 Å². The van der Waals surface area contributed by atoms with E-state index in [1.54, 1.807) is 12.1 Å². The van der Waals surface area contributed by atoms with E-state index in [9.17, 15) is 22.0 Å². The number of hydrogen-bond acceptors (Lipinski definition) is 6. The first-order chi connectivity index (χ1) is 18.5. The summed E-state index contributed by atoms with van der Waals surface area (Å²) in [4.78, 5) is 15.3. The van der Waals surface area contributed by atoms with Gasteiger partial charge in [0.15, 0.2) is 0 Å². The predicted octanol–water partition coefficient (Wildman–Crippen LogP) is 4.04. The summed E-state index contributed by atoms with van der Waals surface area (Å²) in [6, 6.07) is 9.86. The molecule has 2 heterocycles. The number of benzene rings is 2. The van der Waals surface area contributed by atoms with Crippen LogP contribution in [0.4, 0.5) is 14.5 Å². The number of rotatable bonds is 9. The van der Waals surface area contributed by atoms with E-state index in [4.69, 9.17) is 16.3 Å². The Morgan fingerprint density at radius 2 is 1.67 bits per heavy atom. The minimum Gasteiger partial charge on any atom is -0.486 e. The van der Waals surface area contributed by atoms with Gasteiger partial charge in [0.1, 0.15) is 17.3 Å². The van der Waals surface area contributed by atoms with E-state index < -0.39 is 27.2 Å². The molecule has 1 aliphatic carbocycles. The second kappa shape index (κ2) is 10.9. The number of anilines is 1. The van der Waals surface area contributed by atoms with Crippen molar-refractivity contribution in [1.29, 1.82) is 0 Å². The second-order valence-electron chi connectivity index (χ2n) is 10.4. The van der Waals surface area contributed by atoms with Crippen molar-refractivity contribution in [2.45, 2.75) is 26.2 Å². The topological polar surface area (TPSA) is 84.7 Å². The van der Waals surface area contributed by atoms with E-state index in [-0.39, 0.29) is 35.7 Å². The van der Waals surface area contributed by atoms with Crippen molar-refractivity contribution in [1.82, 2.24) is 14.1 Å². The molecule has 3 aromatic rings. The molecule has 0 N–H and O–H groups in total. The Kier molecular flexibility index (Phi) is 7.67. The molecule has 8 nitrogen and oxygen atoms in total. The van der Waals surface area contributed by atoms with E-state index in [1.165, 1.54) is 10.5 Å². The van der Waals surface area contributed by atoms with Crippen LogP contribution in [0.5, 0.6) is 5.75 Å². The maximum Gasteiger partial charge on any atom is 0.316 e. The van der Waals surface area contributed by atoms with Crippen molar-refractivity contribution in [3.05, 3.63) is 81.2 Å². The largest absolute Gasteiger partial charge is 0.486 e. The molecule has 0 radical (unpaired) electrons. The minimum absolute atomic E-state index is 0.0244. The SMILES string of the molecule is CC1(COc2c(N3CCN(S(=O)(=O)CCc4ccc(Cl)cc4)CC3)cnn(-c3cc(F)cc(F)c3)c2=O)CC1. The van der Waals surface area contributed by atoms with Crippen LogP contribution in [0.1, 0.15) is 25.3 Å². The number of nitrogens with zero attached hydrogens (tertiary/aromatic N) is 4. The Morgan fingerprint density at radius 1 is 1.03 bits per heavy atom. The number of piperazine rings is 1. The van der Waals surface area contributed by atoms with E-state index in [1.807, 2.05) is 17.0 Å². The van der Waals surface area contributed by atoms with Gasteiger partial charge in [0, 0.05) is 42.7 Å². The maximum atomic E-state index is 13.8. The first-order valence-electron chi connectivity index (χ1n) is 12.7. The number of aryl methyl sites for hydroxylation is 1. The summed E-state index contributed by atoms with van der Waals surface area (Å²) in [5, 5.41) is 4.77. The molecule has 39 heavy (non-hydrogen) atoms. The Balaban J connectivity index is 1.33. The molecule has 0 amide bonds. The summed E-state index contributed by atoms with van der Waals surface area (Å²) < 4.78 is 62.1. The highest BCUT2D eigenvalue weighted by Gasteiger charge is 2.39. The van der Waals surface area contributed by atoms with E-state index >= 15 is 0 Å². The van der Waals surface area contributed by atoms with Crippen molar-refractivity contribution in [3.63, 3.8) is 0 Å². The lowest BCUT2D eigenvalue weighted by Crippen LogP contribution is -2.50. The van der Waals surface area contributed by atoms with Crippen LogP contribution in [-0.4, -0.2) is 61.0 Å². The molecule has 2 aliphatic rings. The van der Waals surface area contributed by atoms with Gasteiger partial charge < -0.3 is 9.64 Å². The van der Waals surface area contributed by atoms with E-state index in [2.05, 4.69) is 12.0 Å². The average molecular weight is 579 g/mol. The number of aromatic nitrogens is 2. The Labute approximate surface area is 230 Å². The van der Waals surface area contributed by atoms with Crippen molar-refractivity contribution >= 4 is 27.3 Å². The molecular formula is C27H29ClF2N4O4S. The number of hydrogen-bond donors (Lipinski definition) is 0. The highest BCUT2D eigenvalue weighted by Crippen LogP contribution is 2.45. The molecule has 12 heteroatoms. The van der Waals surface area contributed by atoms with Gasteiger partial charge in [-0.25, -0.2) is 17.2 Å². The molecule has 5 rings (SSSR count). The van der Waals surface area contributed by atoms with Gasteiger partial charge in [-0.05, 0) is 49.1 Å². The second-order valence-corrected chi connectivity index (χ2v) is 12.9. The number of halogens is 3. The fourth-order valence-corrected chi connectivity index (χ4v) is 6.07. The quantitative estimate of drug-likeness (QED) is 0.381. The Bertz CT molecular complexity index is 1500. The zero-order valence-electron chi connectivity index (χ0n) is 21.4. The summed E-state index contributed by atoms with van der Waals surface area (Å²) in [7, 11) is -3.50. The summed E-state index contributed by atoms with van der Waals surface area (Å²) in [5.74, 6) is -1.65. The zero-order chi connectivity index (χ0) is 27.8. The van der Waals surface area contributed by atoms with E-state index in [0.29, 0.717) is 36.8 Å². The monoisotopic (exact) mass is 578 g/mol. The van der Waals surface area contributed by atoms with E-state index in [0.717, 1.165) is 41.3 Å². The molecule has 208 valence electrons. The molecule has 1 saturated carbocycles. The predicted molar refractivity (Wildman–Crippen MR) is 145 cm³/mol. The van der Waals surface area contributed by atoms with Gasteiger partial charge in [0.2, 0.25) is 15.8 Å². The zero-order valence-corrected chi connectivity index (χ0v) is 23.0. The molecule has 2 aromatic carbocycles. The Morgan fingerprint density at radius 3 is 2.28 bits per heavy atom. The van der Waals surface area contributed by atoms with Gasteiger partial charge in [0.25, 0.3) is 0 Å². The molecular weight excluding hydrogens is 550 g/mol. The smallest absolute Gasteiger partial charge is 0.316 e. The van der Waals surface area contributed by atoms with Crippen molar-refractivity contribution in [2.75, 3.05) is 43.4 Å².